The Kier molecular flexibility index (Phi) is 4.16. The van der Waals surface area contributed by atoms with E-state index in [9.17, 15) is 19.8 Å². The van der Waals surface area contributed by atoms with Gasteiger partial charge in [-0.3, -0.25) is 0 Å². The summed E-state index contributed by atoms with van der Waals surface area (Å²) in [6.07, 6.45) is 11.0. The van der Waals surface area contributed by atoms with E-state index in [1.165, 1.54) is 0 Å². The molecule has 0 aromatic heterocycles. The Hall–Kier alpha value is -2.10. The van der Waals surface area contributed by atoms with Crippen LogP contribution in [0.4, 0.5) is 0 Å². The van der Waals surface area contributed by atoms with Crippen LogP contribution in [0.5, 0.6) is 0 Å². The van der Waals surface area contributed by atoms with E-state index in [2.05, 4.69) is 0 Å². The molecule has 0 radical (unpaired) electrons. The maximum absolute atomic E-state index is 11.7. The molecule has 2 N–H and O–H groups in total. The Morgan fingerprint density at radius 2 is 1.95 bits per heavy atom. The van der Waals surface area contributed by atoms with E-state index in [0.29, 0.717) is 17.6 Å². The fourth-order valence-electron chi connectivity index (χ4n) is 2.79. The van der Waals surface area contributed by atoms with E-state index < -0.39 is 17.9 Å². The molecule has 0 aromatic rings. The van der Waals surface area contributed by atoms with Gasteiger partial charge in [0.2, 0.25) is 0 Å². The second kappa shape index (κ2) is 5.72. The Morgan fingerprint density at radius 1 is 1.29 bits per heavy atom. The third kappa shape index (κ3) is 2.99. The van der Waals surface area contributed by atoms with Crippen molar-refractivity contribution in [2.45, 2.75) is 33.1 Å². The van der Waals surface area contributed by atoms with Crippen LogP contribution in [0, 0.1) is 11.3 Å². The summed E-state index contributed by atoms with van der Waals surface area (Å²) in [6, 6.07) is 0. The third-order valence-corrected chi connectivity index (χ3v) is 4.14. The molecule has 0 saturated heterocycles. The standard InChI is InChI=1S/C17H20O4/c1-3-6-13(15(18)19)11-7-4-5-8-12(11)14(16(20)21)17(2)9-10-17/h4-8,11H,3,9-10H2,1-2H3,(H,18,19)(H,20,21)/b13-6-,14-12-. The van der Waals surface area contributed by atoms with Gasteiger partial charge in [0.05, 0.1) is 0 Å². The van der Waals surface area contributed by atoms with E-state index in [1.807, 2.05) is 13.8 Å². The van der Waals surface area contributed by atoms with Crippen LogP contribution in [0.3, 0.4) is 0 Å². The highest BCUT2D eigenvalue weighted by atomic mass is 16.4. The maximum atomic E-state index is 11.7. The van der Waals surface area contributed by atoms with E-state index in [4.69, 9.17) is 0 Å². The highest BCUT2D eigenvalue weighted by Crippen LogP contribution is 2.53. The molecule has 21 heavy (non-hydrogen) atoms. The van der Waals surface area contributed by atoms with Gasteiger partial charge in [0.1, 0.15) is 0 Å². The Balaban J connectivity index is 2.56. The van der Waals surface area contributed by atoms with Gasteiger partial charge in [-0.2, -0.15) is 0 Å². The predicted octanol–water partition coefficient (Wildman–Crippen LogP) is 3.33. The molecule has 1 atom stereocenters. The number of hydrogen-bond acceptors (Lipinski definition) is 2. The normalized spacial score (nSPS) is 25.6. The highest BCUT2D eigenvalue weighted by molar-refractivity contribution is 5.93. The average molecular weight is 288 g/mol. The summed E-state index contributed by atoms with van der Waals surface area (Å²) in [4.78, 5) is 23.2. The molecular weight excluding hydrogens is 268 g/mol. The van der Waals surface area contributed by atoms with Crippen molar-refractivity contribution < 1.29 is 19.8 Å². The van der Waals surface area contributed by atoms with E-state index in [1.54, 1.807) is 30.4 Å². The first-order valence-electron chi connectivity index (χ1n) is 7.17. The monoisotopic (exact) mass is 288 g/mol. The summed E-state index contributed by atoms with van der Waals surface area (Å²) in [5.74, 6) is -2.43. The van der Waals surface area contributed by atoms with Gasteiger partial charge in [0.15, 0.2) is 0 Å². The van der Waals surface area contributed by atoms with Gasteiger partial charge in [0, 0.05) is 22.5 Å². The average Bonchev–Trinajstić information content (AvgIpc) is 3.14. The van der Waals surface area contributed by atoms with Crippen molar-refractivity contribution in [3.8, 4) is 0 Å². The van der Waals surface area contributed by atoms with Crippen LogP contribution in [0.2, 0.25) is 0 Å². The van der Waals surface area contributed by atoms with Crippen LogP contribution in [0.1, 0.15) is 33.1 Å². The fourth-order valence-corrected chi connectivity index (χ4v) is 2.79. The molecule has 4 nitrogen and oxygen atoms in total. The minimum atomic E-state index is -0.995. The van der Waals surface area contributed by atoms with E-state index >= 15 is 0 Å². The minimum Gasteiger partial charge on any atom is -0.478 e. The van der Waals surface area contributed by atoms with Gasteiger partial charge in [-0.15, -0.1) is 0 Å². The molecule has 1 unspecified atom stereocenters. The molecule has 2 aliphatic carbocycles. The zero-order chi connectivity index (χ0) is 15.6. The van der Waals surface area contributed by atoms with Crippen molar-refractivity contribution >= 4 is 11.9 Å². The van der Waals surface area contributed by atoms with Crippen molar-refractivity contribution in [3.05, 3.63) is 47.1 Å². The maximum Gasteiger partial charge on any atom is 0.332 e. The quantitative estimate of drug-likeness (QED) is 0.761. The van der Waals surface area contributed by atoms with Crippen LogP contribution < -0.4 is 0 Å². The molecule has 0 aliphatic heterocycles. The Morgan fingerprint density at radius 3 is 2.43 bits per heavy atom. The lowest BCUT2D eigenvalue weighted by Gasteiger charge is -2.23. The molecule has 1 fully saturated rings. The van der Waals surface area contributed by atoms with Gasteiger partial charge >= 0.3 is 11.9 Å². The topological polar surface area (TPSA) is 74.6 Å². The zero-order valence-electron chi connectivity index (χ0n) is 12.3. The zero-order valence-corrected chi connectivity index (χ0v) is 12.3. The molecule has 2 aliphatic rings. The van der Waals surface area contributed by atoms with Crippen molar-refractivity contribution in [2.75, 3.05) is 0 Å². The second-order valence-corrected chi connectivity index (χ2v) is 5.79. The minimum absolute atomic E-state index is 0.246. The summed E-state index contributed by atoms with van der Waals surface area (Å²) >= 11 is 0. The van der Waals surface area contributed by atoms with Gasteiger partial charge in [-0.05, 0) is 24.8 Å². The number of carbonyl (C=O) groups is 2. The summed E-state index contributed by atoms with van der Waals surface area (Å²) < 4.78 is 0. The van der Waals surface area contributed by atoms with Crippen LogP contribution in [-0.2, 0) is 9.59 Å². The number of aliphatic carboxylic acids is 2. The fraction of sp³-hybridized carbons (Fsp3) is 0.412. The van der Waals surface area contributed by atoms with Crippen LogP contribution in [0.25, 0.3) is 0 Å². The van der Waals surface area contributed by atoms with Crippen molar-refractivity contribution in [1.29, 1.82) is 0 Å². The molecule has 0 aromatic carbocycles. The summed E-state index contributed by atoms with van der Waals surface area (Å²) in [5.41, 5.74) is 0.879. The van der Waals surface area contributed by atoms with Crippen molar-refractivity contribution in [2.24, 2.45) is 11.3 Å². The molecular formula is C17H20O4. The van der Waals surface area contributed by atoms with Crippen molar-refractivity contribution in [1.82, 2.24) is 0 Å². The van der Waals surface area contributed by atoms with Gasteiger partial charge in [-0.1, -0.05) is 44.2 Å². The summed E-state index contributed by atoms with van der Waals surface area (Å²) in [7, 11) is 0. The SMILES string of the molecule is CC/C=C(\C(=O)O)C1C=CC=C/C1=C(\C(=O)O)C1(C)CC1. The highest BCUT2D eigenvalue weighted by Gasteiger charge is 2.46. The number of carboxylic acids is 2. The molecule has 4 heteroatoms. The van der Waals surface area contributed by atoms with E-state index in [0.717, 1.165) is 12.8 Å². The molecule has 0 bridgehead atoms. The van der Waals surface area contributed by atoms with E-state index in [-0.39, 0.29) is 11.0 Å². The predicted molar refractivity (Wildman–Crippen MR) is 79.8 cm³/mol. The molecule has 0 heterocycles. The Bertz CT molecular complexity index is 586. The molecule has 1 saturated carbocycles. The molecule has 112 valence electrons. The van der Waals surface area contributed by atoms with Gasteiger partial charge in [-0.25, -0.2) is 9.59 Å². The lowest BCUT2D eigenvalue weighted by atomic mass is 9.80. The lowest BCUT2D eigenvalue weighted by Crippen LogP contribution is -2.21. The van der Waals surface area contributed by atoms with Crippen LogP contribution in [-0.4, -0.2) is 22.2 Å². The number of allylic oxidation sites excluding steroid dienone is 6. The number of rotatable bonds is 5. The lowest BCUT2D eigenvalue weighted by molar-refractivity contribution is -0.134. The first kappa shape index (κ1) is 15.3. The smallest absolute Gasteiger partial charge is 0.332 e. The number of carboxylic acid groups (broad SMARTS) is 2. The van der Waals surface area contributed by atoms with Crippen molar-refractivity contribution in [3.63, 3.8) is 0 Å². The van der Waals surface area contributed by atoms with Gasteiger partial charge < -0.3 is 10.2 Å². The molecule has 0 amide bonds. The third-order valence-electron chi connectivity index (χ3n) is 4.14. The van der Waals surface area contributed by atoms with Crippen LogP contribution in [0.15, 0.2) is 47.1 Å². The summed E-state index contributed by atoms with van der Waals surface area (Å²) in [6.45, 7) is 3.80. The first-order valence-corrected chi connectivity index (χ1v) is 7.17. The first-order chi connectivity index (χ1) is 9.90. The Labute approximate surface area is 124 Å². The summed E-state index contributed by atoms with van der Waals surface area (Å²) in [5, 5.41) is 19.0. The largest absolute Gasteiger partial charge is 0.478 e. The number of hydrogen-bond donors (Lipinski definition) is 2. The molecule has 0 spiro atoms. The van der Waals surface area contributed by atoms with Gasteiger partial charge in [0.25, 0.3) is 0 Å². The van der Waals surface area contributed by atoms with Crippen LogP contribution >= 0.6 is 0 Å². The second-order valence-electron chi connectivity index (χ2n) is 5.79. The molecule has 2 rings (SSSR count).